The first kappa shape index (κ1) is 16.2. The van der Waals surface area contributed by atoms with Crippen LogP contribution >= 0.6 is 12.6 Å². The highest BCUT2D eigenvalue weighted by Crippen LogP contribution is 2.30. The molecule has 0 saturated carbocycles. The van der Waals surface area contributed by atoms with Gasteiger partial charge < -0.3 is 15.2 Å². The van der Waals surface area contributed by atoms with Gasteiger partial charge in [0.2, 0.25) is 5.54 Å². The molecule has 0 spiro atoms. The fourth-order valence-electron chi connectivity index (χ4n) is 1.10. The predicted molar refractivity (Wildman–Crippen MR) is 67.8 cm³/mol. The van der Waals surface area contributed by atoms with E-state index in [-0.39, 0.29) is 0 Å². The Morgan fingerprint density at radius 3 is 1.71 bits per heavy atom. The third-order valence-corrected chi connectivity index (χ3v) is 2.55. The van der Waals surface area contributed by atoms with E-state index in [4.69, 9.17) is 10.5 Å². The molecule has 0 aliphatic rings. The first-order valence-electron chi connectivity index (χ1n) is 5.19. The third-order valence-electron chi connectivity index (χ3n) is 2.19. The molecule has 0 aromatic carbocycles. The maximum absolute atomic E-state index is 12.0. The number of carbonyl (C=O) groups is 2. The van der Waals surface area contributed by atoms with Crippen LogP contribution < -0.4 is 5.73 Å². The molecule has 0 aromatic rings. The van der Waals surface area contributed by atoms with Crippen LogP contribution in [0.5, 0.6) is 0 Å². The van der Waals surface area contributed by atoms with Crippen LogP contribution in [0.3, 0.4) is 0 Å². The molecular formula is C11H21NO4S. The SMILES string of the molecule is COC(=O)[C@@](N)(C(=O)OC(C)(C)C)C(C)(C)S. The standard InChI is InChI=1S/C11H21NO4S/c1-9(2,3)16-8(14)11(12,7(13)15-6)10(4,5)17/h17H,12H2,1-6H3/t11-/m1/s1. The fraction of sp³-hybridized carbons (Fsp3) is 0.818. The van der Waals surface area contributed by atoms with Crippen molar-refractivity contribution in [2.45, 2.75) is 50.5 Å². The summed E-state index contributed by atoms with van der Waals surface area (Å²) < 4.78 is 8.59. The van der Waals surface area contributed by atoms with E-state index in [0.29, 0.717) is 0 Å². The highest BCUT2D eigenvalue weighted by atomic mass is 32.1. The van der Waals surface area contributed by atoms with Gasteiger partial charge in [-0.2, -0.15) is 12.6 Å². The monoisotopic (exact) mass is 263 g/mol. The first-order chi connectivity index (χ1) is 7.36. The molecule has 0 aromatic heterocycles. The van der Waals surface area contributed by atoms with Crippen molar-refractivity contribution in [3.63, 3.8) is 0 Å². The second-order valence-corrected chi connectivity index (χ2v) is 6.48. The van der Waals surface area contributed by atoms with Crippen LogP contribution in [0.1, 0.15) is 34.6 Å². The normalized spacial score (nSPS) is 16.0. The zero-order valence-corrected chi connectivity index (χ0v) is 12.1. The van der Waals surface area contributed by atoms with Gasteiger partial charge in [-0.3, -0.25) is 0 Å². The Morgan fingerprint density at radius 2 is 1.47 bits per heavy atom. The number of carbonyl (C=O) groups excluding carboxylic acids is 2. The summed E-state index contributed by atoms with van der Waals surface area (Å²) in [6, 6.07) is 0. The quantitative estimate of drug-likeness (QED) is 0.449. The van der Waals surface area contributed by atoms with Crippen molar-refractivity contribution in [2.75, 3.05) is 7.11 Å². The van der Waals surface area contributed by atoms with Crippen molar-refractivity contribution in [3.8, 4) is 0 Å². The average molecular weight is 263 g/mol. The smallest absolute Gasteiger partial charge is 0.339 e. The summed E-state index contributed by atoms with van der Waals surface area (Å²) in [6.07, 6.45) is 0. The van der Waals surface area contributed by atoms with E-state index in [1.807, 2.05) is 0 Å². The van der Waals surface area contributed by atoms with Crippen LogP contribution in [0.15, 0.2) is 0 Å². The van der Waals surface area contributed by atoms with Crippen LogP contribution in [0.2, 0.25) is 0 Å². The van der Waals surface area contributed by atoms with Gasteiger partial charge in [0.15, 0.2) is 0 Å². The molecule has 0 aliphatic carbocycles. The molecule has 100 valence electrons. The van der Waals surface area contributed by atoms with E-state index >= 15 is 0 Å². The minimum absolute atomic E-state index is 0.741. The zero-order chi connectivity index (χ0) is 14.1. The number of methoxy groups -OCH3 is 1. The Kier molecular flexibility index (Phi) is 4.64. The van der Waals surface area contributed by atoms with Gasteiger partial charge in [0.25, 0.3) is 0 Å². The van der Waals surface area contributed by atoms with Crippen LogP contribution in [0.4, 0.5) is 0 Å². The number of thiol groups is 1. The topological polar surface area (TPSA) is 78.6 Å². The minimum atomic E-state index is -1.95. The Morgan fingerprint density at radius 1 is 1.06 bits per heavy atom. The molecule has 17 heavy (non-hydrogen) atoms. The second-order valence-electron chi connectivity index (χ2n) is 5.36. The largest absolute Gasteiger partial charge is 0.467 e. The number of hydrogen-bond donors (Lipinski definition) is 2. The lowest BCUT2D eigenvalue weighted by atomic mass is 9.86. The van der Waals surface area contributed by atoms with Crippen molar-refractivity contribution in [3.05, 3.63) is 0 Å². The zero-order valence-electron chi connectivity index (χ0n) is 11.2. The summed E-state index contributed by atoms with van der Waals surface area (Å²) in [5.41, 5.74) is 3.17. The lowest BCUT2D eigenvalue weighted by molar-refractivity contribution is -0.171. The summed E-state index contributed by atoms with van der Waals surface area (Å²) in [7, 11) is 1.16. The van der Waals surface area contributed by atoms with E-state index in [1.165, 1.54) is 0 Å². The molecule has 0 radical (unpaired) electrons. The van der Waals surface area contributed by atoms with E-state index in [0.717, 1.165) is 7.11 Å². The van der Waals surface area contributed by atoms with E-state index in [2.05, 4.69) is 17.4 Å². The summed E-state index contributed by atoms with van der Waals surface area (Å²) in [6.45, 7) is 8.17. The third kappa shape index (κ3) is 3.61. The fourth-order valence-corrected chi connectivity index (χ4v) is 1.29. The molecular weight excluding hydrogens is 242 g/mol. The molecule has 5 nitrogen and oxygen atoms in total. The molecule has 0 unspecified atom stereocenters. The summed E-state index contributed by atoms with van der Waals surface area (Å²) in [5, 5.41) is 0. The number of nitrogens with two attached hydrogens (primary N) is 1. The van der Waals surface area contributed by atoms with Crippen LogP contribution in [0, 0.1) is 0 Å². The molecule has 1 atom stereocenters. The molecule has 6 heteroatoms. The minimum Gasteiger partial charge on any atom is -0.467 e. The molecule has 0 bridgehead atoms. The Bertz CT molecular complexity index is 316. The molecule has 0 saturated heterocycles. The van der Waals surface area contributed by atoms with Gasteiger partial charge in [-0.15, -0.1) is 0 Å². The van der Waals surface area contributed by atoms with E-state index in [9.17, 15) is 9.59 Å². The van der Waals surface area contributed by atoms with E-state index < -0.39 is 27.8 Å². The van der Waals surface area contributed by atoms with Crippen molar-refractivity contribution in [1.82, 2.24) is 0 Å². The lowest BCUT2D eigenvalue weighted by Gasteiger charge is -2.37. The van der Waals surface area contributed by atoms with Crippen LogP contribution in [0.25, 0.3) is 0 Å². The molecule has 0 heterocycles. The molecule has 0 aliphatic heterocycles. The van der Waals surface area contributed by atoms with Crippen molar-refractivity contribution in [1.29, 1.82) is 0 Å². The van der Waals surface area contributed by atoms with Crippen LogP contribution in [-0.2, 0) is 19.1 Å². The Hall–Kier alpha value is -0.750. The van der Waals surface area contributed by atoms with Gasteiger partial charge in [-0.1, -0.05) is 0 Å². The van der Waals surface area contributed by atoms with Gasteiger partial charge in [0.05, 0.1) is 7.11 Å². The highest BCUT2D eigenvalue weighted by molar-refractivity contribution is 7.82. The summed E-state index contributed by atoms with van der Waals surface area (Å²) >= 11 is 4.19. The number of hydrogen-bond acceptors (Lipinski definition) is 6. The Balaban J connectivity index is 5.37. The van der Waals surface area contributed by atoms with Crippen molar-refractivity contribution >= 4 is 24.6 Å². The first-order valence-corrected chi connectivity index (χ1v) is 5.64. The number of rotatable bonds is 3. The number of ether oxygens (including phenoxy) is 2. The summed E-state index contributed by atoms with van der Waals surface area (Å²) in [4.78, 5) is 23.7. The average Bonchev–Trinajstić information content (AvgIpc) is 2.10. The van der Waals surface area contributed by atoms with Gasteiger partial charge in [0, 0.05) is 4.75 Å². The van der Waals surface area contributed by atoms with Gasteiger partial charge in [0.1, 0.15) is 5.60 Å². The Labute approximate surface area is 107 Å². The van der Waals surface area contributed by atoms with Gasteiger partial charge >= 0.3 is 11.9 Å². The van der Waals surface area contributed by atoms with Crippen molar-refractivity contribution in [2.24, 2.45) is 5.73 Å². The van der Waals surface area contributed by atoms with Gasteiger partial charge in [-0.05, 0) is 34.6 Å². The highest BCUT2D eigenvalue weighted by Gasteiger charge is 2.56. The second kappa shape index (κ2) is 4.86. The summed E-state index contributed by atoms with van der Waals surface area (Å²) in [5.74, 6) is -1.72. The number of esters is 2. The molecule has 0 rings (SSSR count). The lowest BCUT2D eigenvalue weighted by Crippen LogP contribution is -2.67. The van der Waals surface area contributed by atoms with Crippen LogP contribution in [-0.4, -0.2) is 34.9 Å². The van der Waals surface area contributed by atoms with Crippen molar-refractivity contribution < 1.29 is 19.1 Å². The molecule has 0 amide bonds. The maximum atomic E-state index is 12.0. The van der Waals surface area contributed by atoms with Gasteiger partial charge in [-0.25, -0.2) is 9.59 Å². The molecule has 2 N–H and O–H groups in total. The van der Waals surface area contributed by atoms with E-state index in [1.54, 1.807) is 34.6 Å². The maximum Gasteiger partial charge on any atom is 0.339 e. The molecule has 0 fully saturated rings. The predicted octanol–water partition coefficient (Wildman–Crippen LogP) is 0.907.